The summed E-state index contributed by atoms with van der Waals surface area (Å²) in [6, 6.07) is 7.63. The van der Waals surface area contributed by atoms with Crippen molar-refractivity contribution in [3.05, 3.63) is 35.9 Å². The first kappa shape index (κ1) is 25.0. The van der Waals surface area contributed by atoms with E-state index < -0.39 is 24.4 Å². The molecule has 30 heavy (non-hydrogen) atoms. The van der Waals surface area contributed by atoms with Crippen molar-refractivity contribution in [2.75, 3.05) is 25.6 Å². The molecule has 0 heterocycles. The van der Waals surface area contributed by atoms with Crippen LogP contribution < -0.4 is 4.90 Å². The zero-order valence-electron chi connectivity index (χ0n) is 19.9. The first-order valence-corrected chi connectivity index (χ1v) is 14.4. The van der Waals surface area contributed by atoms with E-state index in [9.17, 15) is 9.00 Å². The number of para-hydroxylation sites is 1. The Kier molecular flexibility index (Phi) is 8.66. The summed E-state index contributed by atoms with van der Waals surface area (Å²) in [6.07, 6.45) is 3.14. The number of rotatable bonds is 10. The smallest absolute Gasteiger partial charge is 0.200 e. The van der Waals surface area contributed by atoms with Crippen molar-refractivity contribution in [2.45, 2.75) is 81.2 Å². The van der Waals surface area contributed by atoms with Gasteiger partial charge in [0, 0.05) is 20.7 Å². The van der Waals surface area contributed by atoms with Crippen LogP contribution >= 0.6 is 0 Å². The number of hydrogen-bond donors (Lipinski definition) is 0. The Balaban J connectivity index is 2.07. The van der Waals surface area contributed by atoms with Crippen LogP contribution in [0, 0.1) is 0 Å². The van der Waals surface area contributed by atoms with Crippen LogP contribution in [-0.4, -0.2) is 44.3 Å². The van der Waals surface area contributed by atoms with Gasteiger partial charge in [0.1, 0.15) is 5.25 Å². The number of hydrogen-bond acceptors (Lipinski definition) is 4. The lowest BCUT2D eigenvalue weighted by molar-refractivity contribution is -0.114. The van der Waals surface area contributed by atoms with Crippen molar-refractivity contribution in [2.24, 2.45) is 0 Å². The third-order valence-corrected chi connectivity index (χ3v) is 14.3. The fourth-order valence-electron chi connectivity index (χ4n) is 5.06. The maximum absolute atomic E-state index is 13.2. The Hall–Kier alpha value is -1.24. The van der Waals surface area contributed by atoms with Gasteiger partial charge in [-0.1, -0.05) is 59.8 Å². The van der Waals surface area contributed by atoms with E-state index in [4.69, 9.17) is 4.43 Å². The molecule has 2 atom stereocenters. The second-order valence-electron chi connectivity index (χ2n) is 9.39. The van der Waals surface area contributed by atoms with E-state index in [1.54, 1.807) is 0 Å². The van der Waals surface area contributed by atoms with E-state index in [2.05, 4.69) is 41.5 Å². The molecule has 0 aliphatic heterocycles. The van der Waals surface area contributed by atoms with Crippen LogP contribution in [0.3, 0.4) is 0 Å². The third kappa shape index (κ3) is 4.97. The van der Waals surface area contributed by atoms with Gasteiger partial charge in [0.25, 0.3) is 0 Å². The molecule has 1 aliphatic rings. The Labute approximate surface area is 186 Å². The Morgan fingerprint density at radius 1 is 1.07 bits per heavy atom. The molecule has 0 N–H and O–H groups in total. The normalized spacial score (nSPS) is 18.4. The van der Waals surface area contributed by atoms with Gasteiger partial charge in [0.15, 0.2) is 14.1 Å². The number of anilines is 1. The molecule has 0 spiro atoms. The van der Waals surface area contributed by atoms with Crippen LogP contribution in [0.5, 0.6) is 0 Å². The zero-order valence-corrected chi connectivity index (χ0v) is 21.7. The minimum atomic E-state index is -1.94. The molecule has 0 fully saturated rings. The van der Waals surface area contributed by atoms with Crippen LogP contribution in [0.1, 0.15) is 54.4 Å². The number of benzene rings is 1. The van der Waals surface area contributed by atoms with Crippen molar-refractivity contribution in [3.63, 3.8) is 0 Å². The van der Waals surface area contributed by atoms with Crippen LogP contribution in [0.4, 0.5) is 5.69 Å². The fourth-order valence-corrected chi connectivity index (χ4v) is 12.1. The summed E-state index contributed by atoms with van der Waals surface area (Å²) in [4.78, 5) is 15.7. The quantitative estimate of drug-likeness (QED) is 0.429. The van der Waals surface area contributed by atoms with Gasteiger partial charge in [0.05, 0.1) is 21.4 Å². The SMILES string of the molecule is CC(C)[Si](OCCC1=CC[C@H](S(=O)c2ccccc2N(C)C)C1=O)(C(C)C)C(C)C. The summed E-state index contributed by atoms with van der Waals surface area (Å²) < 4.78 is 19.9. The summed E-state index contributed by atoms with van der Waals surface area (Å²) in [6.45, 7) is 14.2. The molecule has 4 nitrogen and oxygen atoms in total. The van der Waals surface area contributed by atoms with Gasteiger partial charge in [-0.25, -0.2) is 0 Å². The van der Waals surface area contributed by atoms with Crippen molar-refractivity contribution >= 4 is 30.6 Å². The monoisotopic (exact) mass is 449 g/mol. The van der Waals surface area contributed by atoms with Gasteiger partial charge in [-0.2, -0.15) is 0 Å². The highest BCUT2D eigenvalue weighted by Crippen LogP contribution is 2.42. The average Bonchev–Trinajstić information content (AvgIpc) is 3.04. The van der Waals surface area contributed by atoms with Crippen molar-refractivity contribution in [3.8, 4) is 0 Å². The van der Waals surface area contributed by atoms with Gasteiger partial charge < -0.3 is 9.33 Å². The van der Waals surface area contributed by atoms with E-state index in [0.29, 0.717) is 36.1 Å². The molecule has 1 aromatic rings. The molecule has 6 heteroatoms. The van der Waals surface area contributed by atoms with Crippen LogP contribution in [0.2, 0.25) is 16.6 Å². The molecule has 0 saturated carbocycles. The first-order valence-electron chi connectivity index (χ1n) is 11.1. The summed E-state index contributed by atoms with van der Waals surface area (Å²) in [7, 11) is 0.566. The molecule has 0 saturated heterocycles. The van der Waals surface area contributed by atoms with E-state index in [-0.39, 0.29) is 5.78 Å². The Morgan fingerprint density at radius 2 is 1.63 bits per heavy atom. The molecule has 0 bridgehead atoms. The molecule has 0 amide bonds. The second-order valence-corrected chi connectivity index (χ2v) is 16.5. The van der Waals surface area contributed by atoms with Gasteiger partial charge in [0.2, 0.25) is 0 Å². The fraction of sp³-hybridized carbons (Fsp3) is 0.625. The predicted octanol–water partition coefficient (Wildman–Crippen LogP) is 5.71. The molecular weight excluding hydrogens is 410 g/mol. The lowest BCUT2D eigenvalue weighted by Crippen LogP contribution is -2.48. The molecule has 0 radical (unpaired) electrons. The van der Waals surface area contributed by atoms with Crippen LogP contribution in [0.15, 0.2) is 40.8 Å². The second kappa shape index (κ2) is 10.4. The molecule has 2 rings (SSSR count). The number of nitrogens with zero attached hydrogens (tertiary/aromatic N) is 1. The van der Waals surface area contributed by atoms with Gasteiger partial charge in [-0.3, -0.25) is 9.00 Å². The molecular formula is C24H39NO3SSi. The van der Waals surface area contributed by atoms with Gasteiger partial charge in [-0.05, 0) is 47.2 Å². The minimum Gasteiger partial charge on any atom is -0.416 e. The highest BCUT2D eigenvalue weighted by Gasteiger charge is 2.45. The van der Waals surface area contributed by atoms with Crippen LogP contribution in [0.25, 0.3) is 0 Å². The minimum absolute atomic E-state index is 0.0244. The predicted molar refractivity (Wildman–Crippen MR) is 130 cm³/mol. The standard InChI is InChI=1S/C24H39NO3SSi/c1-17(2)30(18(3)4,19(5)6)28-16-15-20-13-14-23(24(20)26)29(27)22-12-10-9-11-21(22)25(7)8/h9-13,17-19,23H,14-16H2,1-8H3/t23-,29?/m0/s1. The van der Waals surface area contributed by atoms with E-state index in [0.717, 1.165) is 16.2 Å². The summed E-state index contributed by atoms with van der Waals surface area (Å²) in [5.74, 6) is 0.0244. The van der Waals surface area contributed by atoms with Crippen molar-refractivity contribution in [1.82, 2.24) is 0 Å². The molecule has 1 aromatic carbocycles. The topological polar surface area (TPSA) is 46.6 Å². The lowest BCUT2D eigenvalue weighted by Gasteiger charge is -2.42. The zero-order chi connectivity index (χ0) is 22.6. The van der Waals surface area contributed by atoms with Gasteiger partial charge >= 0.3 is 0 Å². The Morgan fingerprint density at radius 3 is 2.17 bits per heavy atom. The highest BCUT2D eigenvalue weighted by atomic mass is 32.2. The first-order chi connectivity index (χ1) is 14.0. The Bertz CT molecular complexity index is 780. The van der Waals surface area contributed by atoms with Crippen molar-refractivity contribution < 1.29 is 13.4 Å². The maximum atomic E-state index is 13.2. The number of carbonyl (C=O) groups excluding carboxylic acids is 1. The average molecular weight is 450 g/mol. The van der Waals surface area contributed by atoms with Gasteiger partial charge in [-0.15, -0.1) is 0 Å². The highest BCUT2D eigenvalue weighted by molar-refractivity contribution is 7.86. The molecule has 0 aromatic heterocycles. The summed E-state index contributed by atoms with van der Waals surface area (Å²) >= 11 is 0. The van der Waals surface area contributed by atoms with E-state index in [1.165, 1.54) is 0 Å². The van der Waals surface area contributed by atoms with Crippen LogP contribution in [-0.2, 0) is 20.0 Å². The van der Waals surface area contributed by atoms with E-state index in [1.807, 2.05) is 49.3 Å². The molecule has 1 aliphatic carbocycles. The number of carbonyl (C=O) groups is 1. The number of Topliss-reactive ketones (excluding diaryl/α,β-unsaturated/α-hetero) is 1. The summed E-state index contributed by atoms with van der Waals surface area (Å²) in [5, 5.41) is -0.483. The lowest BCUT2D eigenvalue weighted by atomic mass is 10.1. The summed E-state index contributed by atoms with van der Waals surface area (Å²) in [5.41, 5.74) is 3.26. The van der Waals surface area contributed by atoms with E-state index >= 15 is 0 Å². The third-order valence-electron chi connectivity index (χ3n) is 6.44. The molecule has 168 valence electrons. The number of allylic oxidation sites excluding steroid dienone is 1. The maximum Gasteiger partial charge on any atom is 0.200 e. The molecule has 1 unspecified atom stereocenters. The van der Waals surface area contributed by atoms with Crippen molar-refractivity contribution in [1.29, 1.82) is 0 Å². The largest absolute Gasteiger partial charge is 0.416 e. The number of ketones is 1.